The van der Waals surface area contributed by atoms with E-state index in [4.69, 9.17) is 0 Å². The standard InChI is InChI=1S/C10H24Ge/c1-5-7-9-11(3,4)10-8-6-2/h5-10H2,1-4H3. The molecule has 0 aromatic carbocycles. The van der Waals surface area contributed by atoms with Crippen LogP contribution < -0.4 is 0 Å². The molecular weight excluding hydrogens is 193 g/mol. The van der Waals surface area contributed by atoms with Crippen molar-refractivity contribution in [3.63, 3.8) is 0 Å². The summed E-state index contributed by atoms with van der Waals surface area (Å²) in [5, 5.41) is 3.19. The van der Waals surface area contributed by atoms with Gasteiger partial charge in [-0.25, -0.2) is 0 Å². The molecule has 0 fully saturated rings. The van der Waals surface area contributed by atoms with Crippen molar-refractivity contribution in [3.8, 4) is 0 Å². The van der Waals surface area contributed by atoms with E-state index in [1.165, 1.54) is 25.7 Å². The maximum atomic E-state index is 2.59. The SMILES string of the molecule is CCC[CH2][Ge]([CH3])([CH3])[CH2]CCC. The molecule has 1 heteroatoms. The Bertz CT molecular complexity index is 76.9. The quantitative estimate of drug-likeness (QED) is 0.581. The minimum absolute atomic E-state index is 1.22. The molecule has 0 aromatic rings. The van der Waals surface area contributed by atoms with E-state index >= 15 is 0 Å². The molecule has 0 bridgehead atoms. The Morgan fingerprint density at radius 2 is 1.18 bits per heavy atom. The van der Waals surface area contributed by atoms with E-state index in [9.17, 15) is 0 Å². The summed E-state index contributed by atoms with van der Waals surface area (Å²) in [6.07, 6.45) is 5.75. The summed E-state index contributed by atoms with van der Waals surface area (Å²) in [6, 6.07) is 0. The number of rotatable bonds is 6. The number of hydrogen-bond donors (Lipinski definition) is 0. The first kappa shape index (κ1) is 11.5. The third-order valence-electron chi connectivity index (χ3n) is 2.41. The van der Waals surface area contributed by atoms with E-state index < -0.39 is 13.3 Å². The maximum absolute atomic E-state index is 2.59. The third kappa shape index (κ3) is 6.92. The molecule has 0 aliphatic rings. The predicted octanol–water partition coefficient (Wildman–Crippen LogP) is 4.30. The van der Waals surface area contributed by atoms with Crippen molar-refractivity contribution in [2.24, 2.45) is 0 Å². The molecule has 0 aromatic heterocycles. The molecule has 0 amide bonds. The molecule has 0 saturated heterocycles. The van der Waals surface area contributed by atoms with E-state index in [-0.39, 0.29) is 0 Å². The van der Waals surface area contributed by atoms with Gasteiger partial charge in [-0.3, -0.25) is 0 Å². The van der Waals surface area contributed by atoms with Crippen molar-refractivity contribution in [2.75, 3.05) is 0 Å². The van der Waals surface area contributed by atoms with Gasteiger partial charge < -0.3 is 0 Å². The fraction of sp³-hybridized carbons (Fsp3) is 1.00. The summed E-state index contributed by atoms with van der Waals surface area (Å²) in [7, 11) is 0. The second-order valence-corrected chi connectivity index (χ2v) is 15.6. The normalized spacial score (nSPS) is 12.0. The zero-order valence-corrected chi connectivity index (χ0v) is 10.8. The summed E-state index contributed by atoms with van der Waals surface area (Å²) in [6.45, 7) is 4.61. The van der Waals surface area contributed by atoms with Gasteiger partial charge in [-0.2, -0.15) is 0 Å². The monoisotopic (exact) mass is 218 g/mol. The zero-order valence-electron chi connectivity index (χ0n) is 8.74. The van der Waals surface area contributed by atoms with Crippen molar-refractivity contribution in [2.45, 2.75) is 61.5 Å². The van der Waals surface area contributed by atoms with Crippen molar-refractivity contribution in [1.82, 2.24) is 0 Å². The summed E-state index contributed by atoms with van der Waals surface area (Å²) in [5.41, 5.74) is 0. The summed E-state index contributed by atoms with van der Waals surface area (Å²) < 4.78 is 0. The average molecular weight is 217 g/mol. The number of hydrogen-bond acceptors (Lipinski definition) is 0. The Balaban J connectivity index is 3.43. The van der Waals surface area contributed by atoms with Crippen LogP contribution in [-0.4, -0.2) is 13.3 Å². The molecule has 0 spiro atoms. The average Bonchev–Trinajstić information content (AvgIpc) is 1.97. The molecule has 0 nitrogen and oxygen atoms in total. The van der Waals surface area contributed by atoms with Crippen LogP contribution in [0.5, 0.6) is 0 Å². The van der Waals surface area contributed by atoms with Crippen LogP contribution in [0.4, 0.5) is 0 Å². The third-order valence-corrected chi connectivity index (χ3v) is 9.58. The fourth-order valence-corrected chi connectivity index (χ4v) is 7.46. The fourth-order valence-electron chi connectivity index (χ4n) is 1.44. The zero-order chi connectivity index (χ0) is 8.74. The second-order valence-electron chi connectivity index (χ2n) is 4.37. The van der Waals surface area contributed by atoms with Crippen molar-refractivity contribution >= 4 is 13.3 Å². The van der Waals surface area contributed by atoms with Crippen LogP contribution in [0.1, 0.15) is 39.5 Å². The molecule has 0 saturated carbocycles. The molecule has 0 heterocycles. The molecular formula is C10H24Ge. The van der Waals surface area contributed by atoms with E-state index in [1.54, 1.807) is 10.5 Å². The summed E-state index contributed by atoms with van der Waals surface area (Å²) >= 11 is -1.22. The molecule has 0 atom stereocenters. The van der Waals surface area contributed by atoms with Crippen LogP contribution in [-0.2, 0) is 0 Å². The van der Waals surface area contributed by atoms with E-state index in [0.717, 1.165) is 0 Å². The van der Waals surface area contributed by atoms with Crippen molar-refractivity contribution in [1.29, 1.82) is 0 Å². The van der Waals surface area contributed by atoms with Crippen molar-refractivity contribution in [3.05, 3.63) is 0 Å². The Labute approximate surface area is 75.1 Å². The Kier molecular flexibility index (Phi) is 6.40. The van der Waals surface area contributed by atoms with Gasteiger partial charge in [0.1, 0.15) is 0 Å². The Hall–Kier alpha value is 0.543. The predicted molar refractivity (Wildman–Crippen MR) is 56.9 cm³/mol. The molecule has 0 aliphatic heterocycles. The van der Waals surface area contributed by atoms with Gasteiger partial charge in [0.05, 0.1) is 0 Å². The first-order valence-corrected chi connectivity index (χ1v) is 12.3. The molecule has 11 heavy (non-hydrogen) atoms. The minimum atomic E-state index is -1.22. The molecule has 0 unspecified atom stereocenters. The summed E-state index contributed by atoms with van der Waals surface area (Å²) in [5.74, 6) is 5.18. The van der Waals surface area contributed by atoms with Crippen LogP contribution in [0.15, 0.2) is 0 Å². The first-order chi connectivity index (χ1) is 5.12. The van der Waals surface area contributed by atoms with Gasteiger partial charge in [-0.15, -0.1) is 0 Å². The summed E-state index contributed by atoms with van der Waals surface area (Å²) in [4.78, 5) is 0. The van der Waals surface area contributed by atoms with Crippen LogP contribution >= 0.6 is 0 Å². The Morgan fingerprint density at radius 3 is 1.45 bits per heavy atom. The van der Waals surface area contributed by atoms with Crippen LogP contribution in [0, 0.1) is 0 Å². The first-order valence-electron chi connectivity index (χ1n) is 5.12. The van der Waals surface area contributed by atoms with E-state index in [0.29, 0.717) is 0 Å². The van der Waals surface area contributed by atoms with Crippen LogP contribution in [0.3, 0.4) is 0 Å². The van der Waals surface area contributed by atoms with Gasteiger partial charge in [-0.05, 0) is 0 Å². The van der Waals surface area contributed by atoms with Crippen LogP contribution in [0.2, 0.25) is 22.0 Å². The van der Waals surface area contributed by atoms with Gasteiger partial charge >= 0.3 is 74.8 Å². The van der Waals surface area contributed by atoms with Crippen LogP contribution in [0.25, 0.3) is 0 Å². The van der Waals surface area contributed by atoms with E-state index in [1.807, 2.05) is 0 Å². The Morgan fingerprint density at radius 1 is 0.818 bits per heavy atom. The van der Waals surface area contributed by atoms with Crippen molar-refractivity contribution < 1.29 is 0 Å². The van der Waals surface area contributed by atoms with Gasteiger partial charge in [0.25, 0.3) is 0 Å². The van der Waals surface area contributed by atoms with Gasteiger partial charge in [0, 0.05) is 0 Å². The topological polar surface area (TPSA) is 0 Å². The molecule has 0 aliphatic carbocycles. The van der Waals surface area contributed by atoms with Gasteiger partial charge in [0.15, 0.2) is 0 Å². The molecule has 0 N–H and O–H groups in total. The number of unbranched alkanes of at least 4 members (excludes halogenated alkanes) is 2. The molecule has 0 rings (SSSR count). The van der Waals surface area contributed by atoms with Gasteiger partial charge in [-0.1, -0.05) is 0 Å². The molecule has 0 radical (unpaired) electrons. The van der Waals surface area contributed by atoms with Gasteiger partial charge in [0.2, 0.25) is 0 Å². The molecule has 68 valence electrons. The second kappa shape index (κ2) is 6.10. The van der Waals surface area contributed by atoms with E-state index in [2.05, 4.69) is 25.4 Å².